The first-order chi connectivity index (χ1) is 12.2. The first-order valence-electron chi connectivity index (χ1n) is 8.16. The summed E-state index contributed by atoms with van der Waals surface area (Å²) in [7, 11) is 0. The summed E-state index contributed by atoms with van der Waals surface area (Å²) < 4.78 is 5.36. The number of nitrogens with zero attached hydrogens (tertiary/aromatic N) is 1. The van der Waals surface area contributed by atoms with Crippen molar-refractivity contribution in [3.05, 3.63) is 65.9 Å². The first-order valence-corrected chi connectivity index (χ1v) is 8.16. The molecule has 0 unspecified atom stereocenters. The minimum atomic E-state index is -0.465. The molecule has 0 saturated heterocycles. The molecular formula is C20H21N3O2. The molecule has 0 spiro atoms. The van der Waals surface area contributed by atoms with Crippen molar-refractivity contribution in [2.75, 3.05) is 17.2 Å². The molecule has 128 valence electrons. The van der Waals surface area contributed by atoms with Gasteiger partial charge in [-0.15, -0.1) is 0 Å². The highest BCUT2D eigenvalue weighted by Crippen LogP contribution is 2.17. The molecule has 1 amide bonds. The molecule has 0 aliphatic carbocycles. The van der Waals surface area contributed by atoms with Gasteiger partial charge >= 0.3 is 0 Å². The van der Waals surface area contributed by atoms with Gasteiger partial charge in [0.1, 0.15) is 17.4 Å². The maximum atomic E-state index is 12.3. The lowest BCUT2D eigenvalue weighted by Gasteiger charge is -2.09. The van der Waals surface area contributed by atoms with E-state index in [1.807, 2.05) is 44.2 Å². The number of para-hydroxylation sites is 1. The second kappa shape index (κ2) is 9.14. The highest BCUT2D eigenvalue weighted by Gasteiger charge is 2.10. The van der Waals surface area contributed by atoms with Crippen LogP contribution in [-0.4, -0.2) is 12.5 Å². The zero-order valence-corrected chi connectivity index (χ0v) is 14.4. The van der Waals surface area contributed by atoms with Gasteiger partial charge in [0.15, 0.2) is 0 Å². The second-order valence-electron chi connectivity index (χ2n) is 5.24. The molecule has 2 N–H and O–H groups in total. The SMILES string of the molecule is CCOc1ccc(NC(=O)/C(C#N)=C\Nc2ccccc2CC)cc1. The number of anilines is 2. The summed E-state index contributed by atoms with van der Waals surface area (Å²) >= 11 is 0. The average molecular weight is 335 g/mol. The molecule has 0 aromatic heterocycles. The Kier molecular flexibility index (Phi) is 6.61. The van der Waals surface area contributed by atoms with Crippen LogP contribution in [0.5, 0.6) is 5.75 Å². The molecule has 0 atom stereocenters. The van der Waals surface area contributed by atoms with Crippen LogP contribution in [0.4, 0.5) is 11.4 Å². The maximum absolute atomic E-state index is 12.3. The van der Waals surface area contributed by atoms with Crippen LogP contribution in [0.15, 0.2) is 60.3 Å². The van der Waals surface area contributed by atoms with Crippen LogP contribution in [0.1, 0.15) is 19.4 Å². The standard InChI is InChI=1S/C20H21N3O2/c1-3-15-7-5-6-8-19(15)22-14-16(13-21)20(24)23-17-9-11-18(12-10-17)25-4-2/h5-12,14,22H,3-4H2,1-2H3,(H,23,24)/b16-14-. The number of amides is 1. The number of carbonyl (C=O) groups excluding carboxylic acids is 1. The third kappa shape index (κ3) is 5.11. The lowest BCUT2D eigenvalue weighted by Crippen LogP contribution is -2.14. The van der Waals surface area contributed by atoms with Crippen molar-refractivity contribution in [2.45, 2.75) is 20.3 Å². The molecule has 2 rings (SSSR count). The number of aryl methyl sites for hydroxylation is 1. The molecule has 0 fully saturated rings. The van der Waals surface area contributed by atoms with Crippen LogP contribution in [0.2, 0.25) is 0 Å². The monoisotopic (exact) mass is 335 g/mol. The fraction of sp³-hybridized carbons (Fsp3) is 0.200. The largest absolute Gasteiger partial charge is 0.494 e. The fourth-order valence-electron chi connectivity index (χ4n) is 2.27. The Balaban J connectivity index is 2.06. The van der Waals surface area contributed by atoms with Gasteiger partial charge in [0.2, 0.25) is 0 Å². The van der Waals surface area contributed by atoms with Crippen molar-refractivity contribution in [1.29, 1.82) is 5.26 Å². The van der Waals surface area contributed by atoms with Crippen molar-refractivity contribution in [3.8, 4) is 11.8 Å². The minimum Gasteiger partial charge on any atom is -0.494 e. The zero-order valence-electron chi connectivity index (χ0n) is 14.4. The van der Waals surface area contributed by atoms with E-state index in [9.17, 15) is 10.1 Å². The van der Waals surface area contributed by atoms with E-state index in [0.29, 0.717) is 12.3 Å². The predicted octanol–water partition coefficient (Wildman–Crippen LogP) is 4.11. The number of nitriles is 1. The Bertz CT molecular complexity index is 789. The summed E-state index contributed by atoms with van der Waals surface area (Å²) in [5, 5.41) is 15.0. The van der Waals surface area contributed by atoms with E-state index in [4.69, 9.17) is 4.74 Å². The lowest BCUT2D eigenvalue weighted by atomic mass is 10.1. The number of ether oxygens (including phenoxy) is 1. The van der Waals surface area contributed by atoms with Gasteiger partial charge in [0.05, 0.1) is 6.61 Å². The lowest BCUT2D eigenvalue weighted by molar-refractivity contribution is -0.112. The molecule has 0 aliphatic rings. The number of hydrogen-bond donors (Lipinski definition) is 2. The van der Waals surface area contributed by atoms with Crippen molar-refractivity contribution >= 4 is 17.3 Å². The van der Waals surface area contributed by atoms with Gasteiger partial charge in [-0.1, -0.05) is 25.1 Å². The minimum absolute atomic E-state index is 0.000194. The van der Waals surface area contributed by atoms with E-state index in [0.717, 1.165) is 23.4 Å². The topological polar surface area (TPSA) is 74.1 Å². The number of hydrogen-bond acceptors (Lipinski definition) is 4. The summed E-state index contributed by atoms with van der Waals surface area (Å²) in [5.41, 5.74) is 2.60. The van der Waals surface area contributed by atoms with E-state index >= 15 is 0 Å². The van der Waals surface area contributed by atoms with E-state index in [1.165, 1.54) is 6.20 Å². The summed E-state index contributed by atoms with van der Waals surface area (Å²) in [6.07, 6.45) is 2.29. The van der Waals surface area contributed by atoms with Crippen LogP contribution in [0.25, 0.3) is 0 Å². The van der Waals surface area contributed by atoms with Crippen LogP contribution in [-0.2, 0) is 11.2 Å². The molecule has 2 aromatic carbocycles. The van der Waals surface area contributed by atoms with Crippen molar-refractivity contribution < 1.29 is 9.53 Å². The van der Waals surface area contributed by atoms with Crippen LogP contribution in [0, 0.1) is 11.3 Å². The summed E-state index contributed by atoms with van der Waals surface area (Å²) in [5.74, 6) is 0.266. The molecule has 2 aromatic rings. The zero-order chi connectivity index (χ0) is 18.1. The highest BCUT2D eigenvalue weighted by atomic mass is 16.5. The van der Waals surface area contributed by atoms with E-state index in [1.54, 1.807) is 24.3 Å². The number of benzene rings is 2. The van der Waals surface area contributed by atoms with Gasteiger partial charge in [0, 0.05) is 17.6 Å². The third-order valence-electron chi connectivity index (χ3n) is 3.56. The number of carbonyl (C=O) groups is 1. The normalized spacial score (nSPS) is 10.7. The summed E-state index contributed by atoms with van der Waals surface area (Å²) in [6.45, 7) is 4.54. The quantitative estimate of drug-likeness (QED) is 0.590. The summed E-state index contributed by atoms with van der Waals surface area (Å²) in [4.78, 5) is 12.3. The number of rotatable bonds is 7. The number of nitrogens with one attached hydrogen (secondary N) is 2. The fourth-order valence-corrected chi connectivity index (χ4v) is 2.27. The third-order valence-corrected chi connectivity index (χ3v) is 3.56. The molecular weight excluding hydrogens is 314 g/mol. The molecule has 0 saturated carbocycles. The molecule has 0 bridgehead atoms. The van der Waals surface area contributed by atoms with E-state index < -0.39 is 5.91 Å². The first kappa shape index (κ1) is 18.1. The maximum Gasteiger partial charge on any atom is 0.267 e. The Morgan fingerprint density at radius 2 is 1.88 bits per heavy atom. The van der Waals surface area contributed by atoms with Gasteiger partial charge in [0.25, 0.3) is 5.91 Å². The van der Waals surface area contributed by atoms with Gasteiger partial charge < -0.3 is 15.4 Å². The van der Waals surface area contributed by atoms with Gasteiger partial charge in [-0.25, -0.2) is 0 Å². The average Bonchev–Trinajstić information content (AvgIpc) is 2.64. The van der Waals surface area contributed by atoms with Crippen molar-refractivity contribution in [3.63, 3.8) is 0 Å². The smallest absolute Gasteiger partial charge is 0.267 e. The Labute approximate surface area is 147 Å². The van der Waals surface area contributed by atoms with Gasteiger partial charge in [-0.3, -0.25) is 4.79 Å². The molecule has 5 nitrogen and oxygen atoms in total. The van der Waals surface area contributed by atoms with E-state index in [2.05, 4.69) is 10.6 Å². The predicted molar refractivity (Wildman–Crippen MR) is 99.4 cm³/mol. The molecule has 5 heteroatoms. The van der Waals surface area contributed by atoms with E-state index in [-0.39, 0.29) is 5.57 Å². The second-order valence-corrected chi connectivity index (χ2v) is 5.24. The van der Waals surface area contributed by atoms with Gasteiger partial charge in [-0.2, -0.15) is 5.26 Å². The Hall–Kier alpha value is -3.26. The van der Waals surface area contributed by atoms with Crippen LogP contribution in [0.3, 0.4) is 0 Å². The molecule has 0 radical (unpaired) electrons. The summed E-state index contributed by atoms with van der Waals surface area (Å²) in [6, 6.07) is 16.7. The van der Waals surface area contributed by atoms with Crippen molar-refractivity contribution in [1.82, 2.24) is 0 Å². The van der Waals surface area contributed by atoms with Crippen molar-refractivity contribution in [2.24, 2.45) is 0 Å². The highest BCUT2D eigenvalue weighted by molar-refractivity contribution is 6.06. The Morgan fingerprint density at radius 1 is 1.16 bits per heavy atom. The Morgan fingerprint density at radius 3 is 2.52 bits per heavy atom. The molecule has 0 aliphatic heterocycles. The molecule has 0 heterocycles. The van der Waals surface area contributed by atoms with Crippen LogP contribution >= 0.6 is 0 Å². The molecule has 25 heavy (non-hydrogen) atoms. The van der Waals surface area contributed by atoms with Crippen LogP contribution < -0.4 is 15.4 Å². The van der Waals surface area contributed by atoms with Gasteiger partial charge in [-0.05, 0) is 49.2 Å².